The van der Waals surface area contributed by atoms with Crippen molar-refractivity contribution in [3.63, 3.8) is 0 Å². The Morgan fingerprint density at radius 1 is 0.762 bits per heavy atom. The molecule has 3 aromatic carbocycles. The minimum atomic E-state index is -0.00509. The Kier molecular flexibility index (Phi) is 2.87. The Bertz CT molecular complexity index is 861. The van der Waals surface area contributed by atoms with Gasteiger partial charge in [-0.1, -0.05) is 72.8 Å². The van der Waals surface area contributed by atoms with Gasteiger partial charge in [0.1, 0.15) is 0 Å². The van der Waals surface area contributed by atoms with E-state index in [0.29, 0.717) is 0 Å². The highest BCUT2D eigenvalue weighted by Crippen LogP contribution is 2.35. The van der Waals surface area contributed by atoms with Crippen LogP contribution in [0.2, 0.25) is 0 Å². The highest BCUT2D eigenvalue weighted by atomic mass is 14.6. The van der Waals surface area contributed by atoms with E-state index < -0.39 is 0 Å². The van der Waals surface area contributed by atoms with Gasteiger partial charge in [-0.25, -0.2) is 0 Å². The van der Waals surface area contributed by atoms with Crippen molar-refractivity contribution >= 4 is 21.5 Å². The van der Waals surface area contributed by atoms with E-state index in [9.17, 15) is 0 Å². The van der Waals surface area contributed by atoms with Crippen LogP contribution in [0.5, 0.6) is 0 Å². The lowest BCUT2D eigenvalue weighted by Crippen LogP contribution is -2.18. The molecule has 1 aliphatic rings. The third kappa shape index (κ3) is 1.98. The molecule has 1 aliphatic carbocycles. The number of hydrogen-bond acceptors (Lipinski definition) is 1. The van der Waals surface area contributed by atoms with Gasteiger partial charge >= 0.3 is 0 Å². The first-order valence-electron chi connectivity index (χ1n) is 7.35. The molecule has 1 heteroatoms. The minimum absolute atomic E-state index is 0.00509. The summed E-state index contributed by atoms with van der Waals surface area (Å²) in [5, 5.41) is 5.10. The van der Waals surface area contributed by atoms with Crippen LogP contribution in [-0.2, 0) is 0 Å². The summed E-state index contributed by atoms with van der Waals surface area (Å²) in [7, 11) is 0. The highest BCUT2D eigenvalue weighted by Gasteiger charge is 2.19. The number of fused-ring (bicyclic) bond motifs is 3. The van der Waals surface area contributed by atoms with Crippen LogP contribution < -0.4 is 5.73 Å². The van der Waals surface area contributed by atoms with Crippen molar-refractivity contribution in [3.8, 4) is 0 Å². The molecule has 0 saturated carbocycles. The van der Waals surface area contributed by atoms with Crippen LogP contribution in [0.15, 0.2) is 78.9 Å². The average Bonchev–Trinajstić information content (AvgIpc) is 3.08. The maximum Gasteiger partial charge on any atom is 0.0400 e. The fourth-order valence-electron chi connectivity index (χ4n) is 3.25. The predicted molar refractivity (Wildman–Crippen MR) is 90.2 cm³/mol. The fourth-order valence-corrected chi connectivity index (χ4v) is 3.25. The molecule has 0 amide bonds. The van der Waals surface area contributed by atoms with Crippen molar-refractivity contribution in [2.45, 2.75) is 6.04 Å². The van der Waals surface area contributed by atoms with Gasteiger partial charge in [-0.15, -0.1) is 0 Å². The maximum atomic E-state index is 6.55. The van der Waals surface area contributed by atoms with Crippen molar-refractivity contribution in [2.75, 3.05) is 0 Å². The van der Waals surface area contributed by atoms with Gasteiger partial charge in [-0.05, 0) is 33.2 Å². The molecule has 0 aromatic heterocycles. The Hall–Kier alpha value is -2.38. The first-order valence-corrected chi connectivity index (χ1v) is 7.35. The van der Waals surface area contributed by atoms with Crippen LogP contribution in [0.3, 0.4) is 0 Å². The second-order valence-corrected chi connectivity index (χ2v) is 5.61. The molecule has 2 N–H and O–H groups in total. The molecule has 1 nitrogen and oxygen atoms in total. The zero-order valence-corrected chi connectivity index (χ0v) is 11.7. The highest BCUT2D eigenvalue weighted by molar-refractivity contribution is 6.09. The van der Waals surface area contributed by atoms with E-state index in [4.69, 9.17) is 5.73 Å². The molecule has 21 heavy (non-hydrogen) atoms. The summed E-state index contributed by atoms with van der Waals surface area (Å²) in [5.74, 6) is 0.287. The van der Waals surface area contributed by atoms with Crippen molar-refractivity contribution < 1.29 is 0 Å². The SMILES string of the molecule is N[C@H](c1cc2ccccc2c2ccccc12)C1C=CC=C1. The van der Waals surface area contributed by atoms with Gasteiger partial charge in [0.2, 0.25) is 0 Å². The average molecular weight is 271 g/mol. The molecule has 1 atom stereocenters. The van der Waals surface area contributed by atoms with E-state index >= 15 is 0 Å². The number of allylic oxidation sites excluding steroid dienone is 2. The summed E-state index contributed by atoms with van der Waals surface area (Å²) < 4.78 is 0. The predicted octanol–water partition coefficient (Wildman–Crippen LogP) is 4.74. The minimum Gasteiger partial charge on any atom is -0.323 e. The third-order valence-electron chi connectivity index (χ3n) is 4.35. The molecular weight excluding hydrogens is 254 g/mol. The Morgan fingerprint density at radius 2 is 1.38 bits per heavy atom. The fraction of sp³-hybridized carbons (Fsp3) is 0.100. The van der Waals surface area contributed by atoms with Crippen molar-refractivity contribution in [2.24, 2.45) is 11.7 Å². The smallest absolute Gasteiger partial charge is 0.0400 e. The monoisotopic (exact) mass is 271 g/mol. The van der Waals surface area contributed by atoms with Crippen LogP contribution in [0.25, 0.3) is 21.5 Å². The Labute approximate surface area is 124 Å². The molecule has 0 fully saturated rings. The molecule has 4 rings (SSSR count). The normalized spacial score (nSPS) is 16.0. The number of nitrogens with two attached hydrogens (primary N) is 1. The van der Waals surface area contributed by atoms with Crippen LogP contribution in [0.1, 0.15) is 11.6 Å². The van der Waals surface area contributed by atoms with Gasteiger partial charge < -0.3 is 5.73 Å². The van der Waals surface area contributed by atoms with Gasteiger partial charge in [-0.2, -0.15) is 0 Å². The van der Waals surface area contributed by atoms with E-state index in [0.717, 1.165) is 0 Å². The third-order valence-corrected chi connectivity index (χ3v) is 4.35. The number of benzene rings is 3. The van der Waals surface area contributed by atoms with Gasteiger partial charge in [0, 0.05) is 12.0 Å². The molecule has 0 unspecified atom stereocenters. The Balaban J connectivity index is 2.02. The molecule has 0 bridgehead atoms. The molecule has 0 aliphatic heterocycles. The van der Waals surface area contributed by atoms with E-state index in [2.05, 4.69) is 78.9 Å². The van der Waals surface area contributed by atoms with Crippen LogP contribution in [0, 0.1) is 5.92 Å². The van der Waals surface area contributed by atoms with Crippen LogP contribution in [0.4, 0.5) is 0 Å². The zero-order chi connectivity index (χ0) is 14.2. The summed E-state index contributed by atoms with van der Waals surface area (Å²) in [6.45, 7) is 0. The zero-order valence-electron chi connectivity index (χ0n) is 11.7. The summed E-state index contributed by atoms with van der Waals surface area (Å²) >= 11 is 0. The molecule has 0 radical (unpaired) electrons. The van der Waals surface area contributed by atoms with Gasteiger partial charge in [0.05, 0.1) is 0 Å². The lowest BCUT2D eigenvalue weighted by atomic mass is 9.88. The molecule has 102 valence electrons. The largest absolute Gasteiger partial charge is 0.323 e. The molecular formula is C20H17N. The van der Waals surface area contributed by atoms with Crippen molar-refractivity contribution in [1.29, 1.82) is 0 Å². The lowest BCUT2D eigenvalue weighted by molar-refractivity contribution is 0.629. The molecule has 0 spiro atoms. The van der Waals surface area contributed by atoms with Gasteiger partial charge in [-0.3, -0.25) is 0 Å². The summed E-state index contributed by atoms with van der Waals surface area (Å²) in [6.07, 6.45) is 8.50. The summed E-state index contributed by atoms with van der Waals surface area (Å²) in [6, 6.07) is 19.3. The van der Waals surface area contributed by atoms with E-state index in [1.54, 1.807) is 0 Å². The van der Waals surface area contributed by atoms with Crippen LogP contribution >= 0.6 is 0 Å². The number of hydrogen-bond donors (Lipinski definition) is 1. The van der Waals surface area contributed by atoms with E-state index in [1.165, 1.54) is 27.1 Å². The Morgan fingerprint density at radius 3 is 2.14 bits per heavy atom. The van der Waals surface area contributed by atoms with E-state index in [1.807, 2.05) is 0 Å². The molecule has 0 saturated heterocycles. The van der Waals surface area contributed by atoms with Gasteiger partial charge in [0.25, 0.3) is 0 Å². The van der Waals surface area contributed by atoms with E-state index in [-0.39, 0.29) is 12.0 Å². The first-order chi connectivity index (χ1) is 10.3. The second-order valence-electron chi connectivity index (χ2n) is 5.61. The topological polar surface area (TPSA) is 26.0 Å². The second kappa shape index (κ2) is 4.87. The van der Waals surface area contributed by atoms with Crippen molar-refractivity contribution in [3.05, 3.63) is 84.5 Å². The van der Waals surface area contributed by atoms with Crippen molar-refractivity contribution in [1.82, 2.24) is 0 Å². The molecule has 3 aromatic rings. The quantitative estimate of drug-likeness (QED) is 0.670. The van der Waals surface area contributed by atoms with Crippen LogP contribution in [-0.4, -0.2) is 0 Å². The maximum absolute atomic E-state index is 6.55. The summed E-state index contributed by atoms with van der Waals surface area (Å²) in [5.41, 5.74) is 7.78. The molecule has 0 heterocycles. The lowest BCUT2D eigenvalue weighted by Gasteiger charge is -2.20. The summed E-state index contributed by atoms with van der Waals surface area (Å²) in [4.78, 5) is 0. The first kappa shape index (κ1) is 12.4. The standard InChI is InChI=1S/C20H17N/c21-20(14-7-1-2-8-14)19-13-15-9-3-4-10-16(15)17-11-5-6-12-18(17)19/h1-14,20H,21H2/t20-/m0/s1. The van der Waals surface area contributed by atoms with Gasteiger partial charge in [0.15, 0.2) is 0 Å². The number of rotatable bonds is 2.